The molecule has 0 unspecified atom stereocenters. The molecule has 0 aliphatic carbocycles. The van der Waals surface area contributed by atoms with Crippen LogP contribution in [0.2, 0.25) is 0 Å². The van der Waals surface area contributed by atoms with Crippen molar-refractivity contribution < 1.29 is 11.6 Å². The van der Waals surface area contributed by atoms with E-state index in [1.165, 1.54) is 6.07 Å². The average Bonchev–Trinajstić information content (AvgIpc) is 2.59. The second-order valence-electron chi connectivity index (χ2n) is 2.54. The van der Waals surface area contributed by atoms with Crippen LogP contribution in [-0.2, 0) is 0 Å². The zero-order valence-electron chi connectivity index (χ0n) is 11.5. The highest BCUT2D eigenvalue weighted by Crippen LogP contribution is 2.26. The number of halogens is 1. The predicted molar refractivity (Wildman–Crippen MR) is 55.1 cm³/mol. The van der Waals surface area contributed by atoms with Crippen molar-refractivity contribution in [2.45, 2.75) is 6.88 Å². The number of aromatic amines is 1. The number of methoxy groups -OCH3 is 1. The molecule has 0 saturated heterocycles. The zero-order valence-corrected chi connectivity index (χ0v) is 8.05. The first-order valence-electron chi connectivity index (χ1n) is 6.14. The summed E-state index contributed by atoms with van der Waals surface area (Å²) >= 11 is 3.12. The average molecular weight is 246 g/mol. The van der Waals surface area contributed by atoms with E-state index >= 15 is 0 Å². The highest BCUT2D eigenvalue weighted by molar-refractivity contribution is 9.10. The van der Waals surface area contributed by atoms with E-state index in [0.717, 1.165) is 0 Å². The fourth-order valence-electron chi connectivity index (χ4n) is 1.11. The summed E-state index contributed by atoms with van der Waals surface area (Å²) in [6.07, 6.45) is 0. The Bertz CT molecular complexity index is 580. The number of hydrogen-bond donors (Lipinski definition) is 1. The Labute approximate surface area is 91.3 Å². The van der Waals surface area contributed by atoms with Crippen molar-refractivity contribution in [3.05, 3.63) is 22.4 Å². The van der Waals surface area contributed by atoms with Crippen molar-refractivity contribution in [2.24, 2.45) is 0 Å². The van der Waals surface area contributed by atoms with Crippen LogP contribution in [0.3, 0.4) is 0 Å². The lowest BCUT2D eigenvalue weighted by Crippen LogP contribution is -1.87. The monoisotopic (exact) mass is 245 g/mol. The summed E-state index contributed by atoms with van der Waals surface area (Å²) in [7, 11) is -2.55. The van der Waals surface area contributed by atoms with E-state index in [9.17, 15) is 0 Å². The first-order chi connectivity index (χ1) is 8.26. The van der Waals surface area contributed by atoms with E-state index in [1.807, 2.05) is 0 Å². The van der Waals surface area contributed by atoms with Gasteiger partial charge in [-0.1, -0.05) is 0 Å². The number of pyridine rings is 1. The lowest BCUT2D eigenvalue weighted by atomic mass is 10.3. The third kappa shape index (κ3) is 1.42. The Balaban J connectivity index is 2.47. The van der Waals surface area contributed by atoms with Crippen LogP contribution >= 0.6 is 15.9 Å². The van der Waals surface area contributed by atoms with Gasteiger partial charge in [0.1, 0.15) is 10.3 Å². The van der Waals surface area contributed by atoms with Crippen molar-refractivity contribution >= 4 is 27.0 Å². The summed E-state index contributed by atoms with van der Waals surface area (Å²) in [5.41, 5.74) is 0.856. The molecule has 2 rings (SSSR count). The summed E-state index contributed by atoms with van der Waals surface area (Å²) in [6.45, 7) is -1.15. The Morgan fingerprint density at radius 3 is 3.31 bits per heavy atom. The van der Waals surface area contributed by atoms with Crippen LogP contribution < -0.4 is 4.74 Å². The quantitative estimate of drug-likeness (QED) is 0.785. The molecule has 0 aromatic carbocycles. The number of H-pyrrole nitrogens is 1. The Kier molecular flexibility index (Phi) is 1.04. The van der Waals surface area contributed by atoms with Crippen LogP contribution in [0.5, 0.6) is 5.75 Å². The number of fused-ring (bicyclic) bond motifs is 1. The van der Waals surface area contributed by atoms with Gasteiger partial charge in [-0.05, 0) is 34.9 Å². The second kappa shape index (κ2) is 3.03. The van der Waals surface area contributed by atoms with Gasteiger partial charge in [0.25, 0.3) is 0 Å². The third-order valence-corrected chi connectivity index (χ3v) is 2.23. The summed E-state index contributed by atoms with van der Waals surface area (Å²) in [4.78, 5) is 6.90. The maximum Gasteiger partial charge on any atom is 0.152 e. The van der Waals surface area contributed by atoms with Crippen LogP contribution in [0.25, 0.3) is 11.0 Å². The molecule has 0 spiro atoms. The number of nitrogens with one attached hydrogen (secondary N) is 1. The predicted octanol–water partition coefficient (Wildman–Crippen LogP) is 2.64. The molecule has 0 atom stereocenters. The van der Waals surface area contributed by atoms with E-state index in [-0.39, 0.29) is 10.4 Å². The molecule has 13 heavy (non-hydrogen) atoms. The molecule has 0 fully saturated rings. The van der Waals surface area contributed by atoms with Gasteiger partial charge in [-0.25, -0.2) is 4.98 Å². The summed E-state index contributed by atoms with van der Waals surface area (Å²) < 4.78 is 40.7. The van der Waals surface area contributed by atoms with E-state index in [2.05, 4.69) is 25.9 Å². The molecule has 3 nitrogen and oxygen atoms in total. The van der Waals surface area contributed by atoms with E-state index in [1.54, 1.807) is 6.07 Å². The van der Waals surface area contributed by atoms with Crippen LogP contribution in [0, 0.1) is 6.88 Å². The molecular weight excluding hydrogens is 232 g/mol. The minimum Gasteiger partial charge on any atom is -0.494 e. The smallest absolute Gasteiger partial charge is 0.152 e. The number of aromatic nitrogens is 2. The summed E-state index contributed by atoms with van der Waals surface area (Å²) in [5.74, 6) is 0.0968. The Hall–Kier alpha value is -1.03. The van der Waals surface area contributed by atoms with Crippen molar-refractivity contribution in [3.63, 3.8) is 0 Å². The van der Waals surface area contributed by atoms with Gasteiger partial charge in [0, 0.05) is 13.8 Å². The van der Waals surface area contributed by atoms with Crippen LogP contribution in [-0.4, -0.2) is 17.0 Å². The number of hydrogen-bond acceptors (Lipinski definition) is 2. The van der Waals surface area contributed by atoms with Gasteiger partial charge in [0.2, 0.25) is 0 Å². The fraction of sp³-hybridized carbons (Fsp3) is 0.222. The van der Waals surface area contributed by atoms with E-state index in [4.69, 9.17) is 11.6 Å². The lowest BCUT2D eigenvalue weighted by molar-refractivity contribution is 0.410. The molecule has 0 amide bonds. The maximum atomic E-state index is 7.28. The molecule has 68 valence electrons. The van der Waals surface area contributed by atoms with Crippen LogP contribution in [0.4, 0.5) is 0 Å². The second-order valence-corrected chi connectivity index (χ2v) is 3.29. The molecule has 0 bridgehead atoms. The summed E-state index contributed by atoms with van der Waals surface area (Å²) in [6, 6.07) is 3.08. The van der Waals surface area contributed by atoms with Gasteiger partial charge < -0.3 is 9.72 Å². The first-order valence-corrected chi connectivity index (χ1v) is 4.28. The SMILES string of the molecule is [2H]C([2H])c1cc2cc(OC([2H])([2H])[2H])c(Br)nc2[nH]1. The minimum atomic E-state index is -2.55. The first kappa shape index (κ1) is 4.46. The Morgan fingerprint density at radius 2 is 2.54 bits per heavy atom. The van der Waals surface area contributed by atoms with Crippen molar-refractivity contribution in [2.75, 3.05) is 7.04 Å². The minimum absolute atomic E-state index is 0.0968. The molecule has 2 aromatic heterocycles. The normalized spacial score (nSPS) is 17.5. The van der Waals surface area contributed by atoms with Crippen LogP contribution in [0.15, 0.2) is 16.7 Å². The van der Waals surface area contributed by atoms with Crippen molar-refractivity contribution in [3.8, 4) is 5.75 Å². The largest absolute Gasteiger partial charge is 0.494 e. The number of aryl methyl sites for hydroxylation is 1. The highest BCUT2D eigenvalue weighted by atomic mass is 79.9. The van der Waals surface area contributed by atoms with Crippen LogP contribution in [0.1, 0.15) is 12.5 Å². The van der Waals surface area contributed by atoms with Gasteiger partial charge in [-0.15, -0.1) is 0 Å². The molecule has 0 radical (unpaired) electrons. The Morgan fingerprint density at radius 1 is 1.62 bits per heavy atom. The third-order valence-electron chi connectivity index (χ3n) is 1.66. The molecule has 0 saturated carbocycles. The topological polar surface area (TPSA) is 37.9 Å². The fourth-order valence-corrected chi connectivity index (χ4v) is 1.48. The zero-order chi connectivity index (χ0) is 13.5. The van der Waals surface area contributed by atoms with E-state index in [0.29, 0.717) is 16.7 Å². The summed E-state index contributed by atoms with van der Waals surface area (Å²) in [5, 5.41) is 0.594. The standard InChI is InChI=1S/C9H9BrN2O/c1-5-3-6-4-7(13-2)8(10)12-9(6)11-5/h3-4H,1-2H3,(H,11,12)/i1D2,2D3. The molecule has 1 N–H and O–H groups in total. The molecule has 0 aliphatic heterocycles. The highest BCUT2D eigenvalue weighted by Gasteiger charge is 2.05. The lowest BCUT2D eigenvalue weighted by Gasteiger charge is -2.00. The van der Waals surface area contributed by atoms with Crippen molar-refractivity contribution in [1.82, 2.24) is 9.97 Å². The number of rotatable bonds is 1. The molecule has 2 heterocycles. The van der Waals surface area contributed by atoms with Crippen molar-refractivity contribution in [1.29, 1.82) is 0 Å². The molecule has 0 aliphatic rings. The van der Waals surface area contributed by atoms with Gasteiger partial charge >= 0.3 is 0 Å². The van der Waals surface area contributed by atoms with Gasteiger partial charge in [0.05, 0.1) is 11.2 Å². The maximum absolute atomic E-state index is 7.28. The number of nitrogens with zero attached hydrogens (tertiary/aromatic N) is 1. The number of ether oxygens (including phenoxy) is 1. The van der Waals surface area contributed by atoms with Gasteiger partial charge in [-0.3, -0.25) is 0 Å². The van der Waals surface area contributed by atoms with Gasteiger partial charge in [-0.2, -0.15) is 0 Å². The molecule has 4 heteroatoms. The molecule has 2 aromatic rings. The van der Waals surface area contributed by atoms with Gasteiger partial charge in [0.15, 0.2) is 5.75 Å². The van der Waals surface area contributed by atoms with E-state index < -0.39 is 13.9 Å². The molecular formula is C9H9BrN2O.